The number of carboxylic acid groups (broad SMARTS) is 1. The average molecular weight is 317 g/mol. The predicted molar refractivity (Wildman–Crippen MR) is 75.7 cm³/mol. The minimum Gasteiger partial charge on any atom is -0.482 e. The molecule has 8 heteroatoms. The SMILES string of the molecule is CC(O)CC(C)NS(=O)(=O)c1ccc(OCC(=O)O)cc1. The summed E-state index contributed by atoms with van der Waals surface area (Å²) in [5.41, 5.74) is 0. The van der Waals surface area contributed by atoms with Gasteiger partial charge >= 0.3 is 5.97 Å². The van der Waals surface area contributed by atoms with E-state index in [1.54, 1.807) is 13.8 Å². The zero-order valence-electron chi connectivity index (χ0n) is 11.8. The summed E-state index contributed by atoms with van der Waals surface area (Å²) in [6.45, 7) is 2.75. The van der Waals surface area contributed by atoms with Crippen molar-refractivity contribution < 1.29 is 28.2 Å². The Bertz CT molecular complexity index is 567. The topological polar surface area (TPSA) is 113 Å². The van der Waals surface area contributed by atoms with Gasteiger partial charge in [0.05, 0.1) is 11.0 Å². The van der Waals surface area contributed by atoms with E-state index >= 15 is 0 Å². The maximum absolute atomic E-state index is 12.1. The van der Waals surface area contributed by atoms with E-state index in [0.717, 1.165) is 0 Å². The van der Waals surface area contributed by atoms with Gasteiger partial charge in [-0.3, -0.25) is 0 Å². The highest BCUT2D eigenvalue weighted by Crippen LogP contribution is 2.16. The Morgan fingerprint density at radius 2 is 1.86 bits per heavy atom. The van der Waals surface area contributed by atoms with E-state index < -0.39 is 34.7 Å². The highest BCUT2D eigenvalue weighted by atomic mass is 32.2. The summed E-state index contributed by atoms with van der Waals surface area (Å²) in [6.07, 6.45) is -0.298. The van der Waals surface area contributed by atoms with Gasteiger partial charge in [0.25, 0.3) is 0 Å². The molecule has 21 heavy (non-hydrogen) atoms. The number of carbonyl (C=O) groups is 1. The van der Waals surface area contributed by atoms with Crippen LogP contribution in [0.4, 0.5) is 0 Å². The molecule has 0 aliphatic heterocycles. The van der Waals surface area contributed by atoms with Gasteiger partial charge in [-0.05, 0) is 44.5 Å². The first-order valence-corrected chi connectivity index (χ1v) is 7.84. The molecule has 2 atom stereocenters. The number of ether oxygens (including phenoxy) is 1. The van der Waals surface area contributed by atoms with Crippen LogP contribution in [-0.2, 0) is 14.8 Å². The second-order valence-corrected chi connectivity index (χ2v) is 6.47. The van der Waals surface area contributed by atoms with E-state index in [0.29, 0.717) is 6.42 Å². The molecule has 7 nitrogen and oxygen atoms in total. The summed E-state index contributed by atoms with van der Waals surface area (Å²) in [4.78, 5) is 10.4. The normalized spacial score (nSPS) is 14.4. The molecule has 0 fully saturated rings. The molecule has 2 unspecified atom stereocenters. The van der Waals surface area contributed by atoms with Crippen LogP contribution in [0.2, 0.25) is 0 Å². The summed E-state index contributed by atoms with van der Waals surface area (Å²) in [5, 5.41) is 17.7. The smallest absolute Gasteiger partial charge is 0.341 e. The van der Waals surface area contributed by atoms with Crippen LogP contribution in [0.5, 0.6) is 5.75 Å². The molecule has 0 amide bonds. The van der Waals surface area contributed by atoms with Gasteiger partial charge in [0.2, 0.25) is 10.0 Å². The highest BCUT2D eigenvalue weighted by molar-refractivity contribution is 7.89. The Hall–Kier alpha value is -1.64. The first-order valence-electron chi connectivity index (χ1n) is 6.36. The summed E-state index contributed by atoms with van der Waals surface area (Å²) in [5.74, 6) is -0.839. The number of aliphatic carboxylic acids is 1. The minimum absolute atomic E-state index is 0.0441. The Morgan fingerprint density at radius 3 is 2.33 bits per heavy atom. The maximum atomic E-state index is 12.1. The molecule has 3 N–H and O–H groups in total. The van der Waals surface area contributed by atoms with Crippen molar-refractivity contribution in [3.05, 3.63) is 24.3 Å². The van der Waals surface area contributed by atoms with Crippen LogP contribution in [0.3, 0.4) is 0 Å². The number of carboxylic acids is 1. The molecule has 0 saturated carbocycles. The first kappa shape index (κ1) is 17.4. The molecule has 1 aromatic carbocycles. The Morgan fingerprint density at radius 1 is 1.29 bits per heavy atom. The molecular weight excluding hydrogens is 298 g/mol. The van der Waals surface area contributed by atoms with Crippen LogP contribution in [0.1, 0.15) is 20.3 Å². The second-order valence-electron chi connectivity index (χ2n) is 4.76. The third-order valence-electron chi connectivity index (χ3n) is 2.55. The second kappa shape index (κ2) is 7.39. The Kier molecular flexibility index (Phi) is 6.13. The van der Waals surface area contributed by atoms with Crippen molar-refractivity contribution in [2.75, 3.05) is 6.61 Å². The van der Waals surface area contributed by atoms with E-state index in [9.17, 15) is 18.3 Å². The zero-order valence-corrected chi connectivity index (χ0v) is 12.6. The predicted octanol–water partition coefficient (Wildman–Crippen LogP) is 0.588. The number of benzene rings is 1. The van der Waals surface area contributed by atoms with E-state index in [4.69, 9.17) is 9.84 Å². The van der Waals surface area contributed by atoms with Gasteiger partial charge in [0.1, 0.15) is 5.75 Å². The van der Waals surface area contributed by atoms with Crippen molar-refractivity contribution in [3.63, 3.8) is 0 Å². The Labute approximate surface area is 123 Å². The van der Waals surface area contributed by atoms with E-state index in [2.05, 4.69) is 4.72 Å². The van der Waals surface area contributed by atoms with E-state index in [-0.39, 0.29) is 10.6 Å². The first-order chi connectivity index (χ1) is 9.70. The number of hydrogen-bond donors (Lipinski definition) is 3. The lowest BCUT2D eigenvalue weighted by Crippen LogP contribution is -2.34. The number of sulfonamides is 1. The van der Waals surface area contributed by atoms with Gasteiger partial charge in [0.15, 0.2) is 6.61 Å². The fraction of sp³-hybridized carbons (Fsp3) is 0.462. The molecule has 0 bridgehead atoms. The Balaban J connectivity index is 2.73. The minimum atomic E-state index is -3.69. The molecule has 1 rings (SSSR count). The quantitative estimate of drug-likeness (QED) is 0.647. The molecule has 1 aromatic rings. The molecule has 0 aliphatic carbocycles. The fourth-order valence-corrected chi connectivity index (χ4v) is 3.01. The molecule has 0 aliphatic rings. The molecule has 0 radical (unpaired) electrons. The summed E-state index contributed by atoms with van der Waals surface area (Å²) in [6, 6.07) is 5.02. The van der Waals surface area contributed by atoms with Gasteiger partial charge in [-0.15, -0.1) is 0 Å². The lowest BCUT2D eigenvalue weighted by Gasteiger charge is -2.15. The number of rotatable bonds is 8. The summed E-state index contributed by atoms with van der Waals surface area (Å²) < 4.78 is 31.5. The van der Waals surface area contributed by atoms with Crippen LogP contribution in [0.25, 0.3) is 0 Å². The van der Waals surface area contributed by atoms with Gasteiger partial charge in [-0.1, -0.05) is 0 Å². The number of aliphatic hydroxyl groups excluding tert-OH is 1. The van der Waals surface area contributed by atoms with Crippen molar-refractivity contribution in [3.8, 4) is 5.75 Å². The lowest BCUT2D eigenvalue weighted by molar-refractivity contribution is -0.139. The van der Waals surface area contributed by atoms with Crippen molar-refractivity contribution >= 4 is 16.0 Å². The van der Waals surface area contributed by atoms with Crippen molar-refractivity contribution in [1.29, 1.82) is 0 Å². The van der Waals surface area contributed by atoms with Crippen LogP contribution < -0.4 is 9.46 Å². The van der Waals surface area contributed by atoms with Crippen molar-refractivity contribution in [2.45, 2.75) is 37.3 Å². The summed E-state index contributed by atoms with van der Waals surface area (Å²) >= 11 is 0. The highest BCUT2D eigenvalue weighted by Gasteiger charge is 2.18. The van der Waals surface area contributed by atoms with Crippen molar-refractivity contribution in [1.82, 2.24) is 4.72 Å². The zero-order chi connectivity index (χ0) is 16.0. The summed E-state index contributed by atoms with van der Waals surface area (Å²) in [7, 11) is -3.69. The van der Waals surface area contributed by atoms with Gasteiger partial charge in [0, 0.05) is 6.04 Å². The average Bonchev–Trinajstić information content (AvgIpc) is 2.35. The molecular formula is C13H19NO6S. The standard InChI is InChI=1S/C13H19NO6S/c1-9(7-10(2)15)14-21(18,19)12-5-3-11(4-6-12)20-8-13(16)17/h3-6,9-10,14-15H,7-8H2,1-2H3,(H,16,17). The lowest BCUT2D eigenvalue weighted by atomic mass is 10.2. The molecule has 118 valence electrons. The number of hydrogen-bond acceptors (Lipinski definition) is 5. The maximum Gasteiger partial charge on any atom is 0.341 e. The van der Waals surface area contributed by atoms with Crippen LogP contribution >= 0.6 is 0 Å². The van der Waals surface area contributed by atoms with Crippen LogP contribution in [0, 0.1) is 0 Å². The number of aliphatic hydroxyl groups is 1. The third-order valence-corrected chi connectivity index (χ3v) is 4.15. The fourth-order valence-electron chi connectivity index (χ4n) is 1.75. The molecule has 0 heterocycles. The third kappa shape index (κ3) is 6.11. The van der Waals surface area contributed by atoms with Gasteiger partial charge in [-0.25, -0.2) is 17.9 Å². The molecule has 0 saturated heterocycles. The molecule has 0 spiro atoms. The largest absolute Gasteiger partial charge is 0.482 e. The monoisotopic (exact) mass is 317 g/mol. The van der Waals surface area contributed by atoms with Crippen LogP contribution in [0.15, 0.2) is 29.2 Å². The molecule has 0 aromatic heterocycles. The van der Waals surface area contributed by atoms with Gasteiger partial charge in [-0.2, -0.15) is 0 Å². The van der Waals surface area contributed by atoms with Crippen LogP contribution in [-0.4, -0.2) is 43.4 Å². The number of nitrogens with one attached hydrogen (secondary N) is 1. The van der Waals surface area contributed by atoms with Gasteiger partial charge < -0.3 is 14.9 Å². The van der Waals surface area contributed by atoms with E-state index in [1.807, 2.05) is 0 Å². The van der Waals surface area contributed by atoms with Crippen molar-refractivity contribution in [2.24, 2.45) is 0 Å². The van der Waals surface area contributed by atoms with E-state index in [1.165, 1.54) is 24.3 Å².